The van der Waals surface area contributed by atoms with Gasteiger partial charge in [-0.25, -0.2) is 4.98 Å². The molecule has 74 valence electrons. The van der Waals surface area contributed by atoms with E-state index in [0.717, 1.165) is 12.3 Å². The number of rotatable bonds is 5. The molecule has 1 aromatic rings. The van der Waals surface area contributed by atoms with Crippen LogP contribution in [0.5, 0.6) is 0 Å². The van der Waals surface area contributed by atoms with E-state index in [1.165, 1.54) is 19.1 Å². The lowest BCUT2D eigenvalue weighted by molar-refractivity contribution is 0.276. The van der Waals surface area contributed by atoms with Crippen molar-refractivity contribution in [2.75, 3.05) is 0 Å². The Kier molecular flexibility index (Phi) is 3.96. The second kappa shape index (κ2) is 5.02. The van der Waals surface area contributed by atoms with Crippen LogP contribution >= 0.6 is 0 Å². The zero-order valence-corrected chi connectivity index (χ0v) is 8.29. The summed E-state index contributed by atoms with van der Waals surface area (Å²) in [7, 11) is 0. The van der Waals surface area contributed by atoms with Gasteiger partial charge in [-0.1, -0.05) is 26.7 Å². The first-order valence-electron chi connectivity index (χ1n) is 4.83. The molecule has 0 saturated heterocycles. The molecule has 0 saturated carbocycles. The third kappa shape index (κ3) is 2.84. The maximum Gasteiger partial charge on any atom is 0.197 e. The van der Waals surface area contributed by atoms with Crippen LogP contribution in [-0.2, 0) is 6.61 Å². The minimum Gasteiger partial charge on any atom is -0.448 e. The smallest absolute Gasteiger partial charge is 0.197 e. The molecule has 0 aromatic carbocycles. The summed E-state index contributed by atoms with van der Waals surface area (Å²) in [5.74, 6) is 1.11. The van der Waals surface area contributed by atoms with Crippen LogP contribution in [-0.4, -0.2) is 10.1 Å². The average Bonchev–Trinajstić information content (AvgIpc) is 2.62. The number of aromatic nitrogens is 1. The molecule has 1 aromatic heterocycles. The maximum absolute atomic E-state index is 8.79. The molecular weight excluding hydrogens is 166 g/mol. The van der Waals surface area contributed by atoms with Crippen molar-refractivity contribution in [1.82, 2.24) is 4.98 Å². The first-order chi connectivity index (χ1) is 6.27. The van der Waals surface area contributed by atoms with Gasteiger partial charge < -0.3 is 9.52 Å². The second-order valence-electron chi connectivity index (χ2n) is 3.38. The summed E-state index contributed by atoms with van der Waals surface area (Å²) in [4.78, 5) is 4.16. The van der Waals surface area contributed by atoms with Crippen molar-refractivity contribution in [3.8, 4) is 0 Å². The minimum absolute atomic E-state index is 0.0377. The third-order valence-electron chi connectivity index (χ3n) is 2.14. The van der Waals surface area contributed by atoms with E-state index in [2.05, 4.69) is 18.8 Å². The van der Waals surface area contributed by atoms with E-state index in [1.807, 2.05) is 0 Å². The lowest BCUT2D eigenvalue weighted by Gasteiger charge is -2.04. The molecule has 0 aliphatic heterocycles. The highest BCUT2D eigenvalue weighted by atomic mass is 16.3. The number of hydrogen-bond donors (Lipinski definition) is 1. The van der Waals surface area contributed by atoms with E-state index in [0.29, 0.717) is 11.6 Å². The fourth-order valence-corrected chi connectivity index (χ4v) is 1.26. The van der Waals surface area contributed by atoms with Crippen LogP contribution in [0.3, 0.4) is 0 Å². The Hall–Kier alpha value is -0.830. The number of aliphatic hydroxyl groups excluding tert-OH is 1. The Morgan fingerprint density at radius 1 is 1.62 bits per heavy atom. The van der Waals surface area contributed by atoms with Crippen molar-refractivity contribution < 1.29 is 9.52 Å². The van der Waals surface area contributed by atoms with E-state index < -0.39 is 0 Å². The average molecular weight is 183 g/mol. The molecule has 3 nitrogen and oxygen atoms in total. The molecule has 0 amide bonds. The van der Waals surface area contributed by atoms with Crippen molar-refractivity contribution in [2.45, 2.75) is 45.6 Å². The van der Waals surface area contributed by atoms with E-state index in [1.54, 1.807) is 0 Å². The molecular formula is C10H17NO2. The fourth-order valence-electron chi connectivity index (χ4n) is 1.26. The number of oxazole rings is 1. The summed E-state index contributed by atoms with van der Waals surface area (Å²) in [6.07, 6.45) is 5.01. The number of hydrogen-bond acceptors (Lipinski definition) is 3. The van der Waals surface area contributed by atoms with Gasteiger partial charge in [0.2, 0.25) is 0 Å². The predicted octanol–water partition coefficient (Wildman–Crippen LogP) is 2.46. The lowest BCUT2D eigenvalue weighted by atomic mass is 10.0. The Morgan fingerprint density at radius 2 is 2.38 bits per heavy atom. The van der Waals surface area contributed by atoms with E-state index in [9.17, 15) is 0 Å². The zero-order valence-electron chi connectivity index (χ0n) is 8.29. The van der Waals surface area contributed by atoms with Crippen molar-refractivity contribution in [1.29, 1.82) is 0 Å². The summed E-state index contributed by atoms with van der Waals surface area (Å²) in [5.41, 5.74) is 0.623. The molecule has 0 spiro atoms. The van der Waals surface area contributed by atoms with Gasteiger partial charge in [-0.2, -0.15) is 0 Å². The van der Waals surface area contributed by atoms with Gasteiger partial charge in [0.05, 0.1) is 6.61 Å². The molecule has 0 bridgehead atoms. The van der Waals surface area contributed by atoms with E-state index in [4.69, 9.17) is 9.52 Å². The van der Waals surface area contributed by atoms with Crippen LogP contribution in [0.4, 0.5) is 0 Å². The van der Waals surface area contributed by atoms with Gasteiger partial charge in [0, 0.05) is 5.92 Å². The Labute approximate surface area is 78.8 Å². The topological polar surface area (TPSA) is 46.3 Å². The first-order valence-corrected chi connectivity index (χ1v) is 4.83. The van der Waals surface area contributed by atoms with Crippen LogP contribution in [0.15, 0.2) is 10.7 Å². The van der Waals surface area contributed by atoms with Crippen molar-refractivity contribution in [2.24, 2.45) is 0 Å². The Morgan fingerprint density at radius 3 is 2.92 bits per heavy atom. The van der Waals surface area contributed by atoms with E-state index >= 15 is 0 Å². The van der Waals surface area contributed by atoms with Crippen LogP contribution in [0, 0.1) is 0 Å². The number of aliphatic hydroxyl groups is 1. The Balaban J connectivity index is 2.50. The summed E-state index contributed by atoms with van der Waals surface area (Å²) >= 11 is 0. The quantitative estimate of drug-likeness (QED) is 0.762. The van der Waals surface area contributed by atoms with Crippen LogP contribution in [0.1, 0.15) is 50.6 Å². The maximum atomic E-state index is 8.79. The molecule has 0 fully saturated rings. The molecule has 1 atom stereocenters. The van der Waals surface area contributed by atoms with Gasteiger partial charge in [0.15, 0.2) is 5.89 Å². The van der Waals surface area contributed by atoms with E-state index in [-0.39, 0.29) is 6.61 Å². The molecule has 0 aliphatic carbocycles. The first kappa shape index (κ1) is 10.3. The highest BCUT2D eigenvalue weighted by Gasteiger charge is 2.11. The molecule has 1 heterocycles. The molecule has 13 heavy (non-hydrogen) atoms. The summed E-state index contributed by atoms with van der Waals surface area (Å²) < 4.78 is 5.24. The van der Waals surface area contributed by atoms with Gasteiger partial charge in [-0.15, -0.1) is 0 Å². The van der Waals surface area contributed by atoms with Crippen molar-refractivity contribution in [3.63, 3.8) is 0 Å². The fraction of sp³-hybridized carbons (Fsp3) is 0.700. The molecule has 1 N–H and O–H groups in total. The molecule has 1 rings (SSSR count). The molecule has 3 heteroatoms. The van der Waals surface area contributed by atoms with Crippen LogP contribution in [0.2, 0.25) is 0 Å². The van der Waals surface area contributed by atoms with Gasteiger partial charge in [-0.05, 0) is 6.42 Å². The van der Waals surface area contributed by atoms with Crippen LogP contribution < -0.4 is 0 Å². The second-order valence-corrected chi connectivity index (χ2v) is 3.38. The monoisotopic (exact) mass is 183 g/mol. The summed E-state index contributed by atoms with van der Waals surface area (Å²) in [6, 6.07) is 0. The van der Waals surface area contributed by atoms with Crippen LogP contribution in [0.25, 0.3) is 0 Å². The molecule has 0 aliphatic rings. The highest BCUT2D eigenvalue weighted by molar-refractivity contribution is 4.98. The molecule has 0 unspecified atom stereocenters. The SMILES string of the molecule is CCCC[C@H](C)c1nc(CO)co1. The molecule has 0 radical (unpaired) electrons. The minimum atomic E-state index is -0.0377. The van der Waals surface area contributed by atoms with Gasteiger partial charge >= 0.3 is 0 Å². The summed E-state index contributed by atoms with van der Waals surface area (Å²) in [6.45, 7) is 4.23. The largest absolute Gasteiger partial charge is 0.448 e. The summed E-state index contributed by atoms with van der Waals surface area (Å²) in [5, 5.41) is 8.79. The van der Waals surface area contributed by atoms with Crippen molar-refractivity contribution >= 4 is 0 Å². The number of nitrogens with zero attached hydrogens (tertiary/aromatic N) is 1. The Bertz CT molecular complexity index is 245. The normalized spacial score (nSPS) is 13.2. The standard InChI is InChI=1S/C10H17NO2/c1-3-4-5-8(2)10-11-9(6-12)7-13-10/h7-8,12H,3-6H2,1-2H3/t8-/m0/s1. The predicted molar refractivity (Wildman–Crippen MR) is 50.4 cm³/mol. The highest BCUT2D eigenvalue weighted by Crippen LogP contribution is 2.20. The van der Waals surface area contributed by atoms with Gasteiger partial charge in [-0.3, -0.25) is 0 Å². The number of unbranched alkanes of at least 4 members (excludes halogenated alkanes) is 1. The van der Waals surface area contributed by atoms with Gasteiger partial charge in [0.25, 0.3) is 0 Å². The zero-order chi connectivity index (χ0) is 9.68. The third-order valence-corrected chi connectivity index (χ3v) is 2.14. The van der Waals surface area contributed by atoms with Crippen molar-refractivity contribution in [3.05, 3.63) is 17.8 Å². The lowest BCUT2D eigenvalue weighted by Crippen LogP contribution is -1.94. The van der Waals surface area contributed by atoms with Gasteiger partial charge in [0.1, 0.15) is 12.0 Å².